The first-order chi connectivity index (χ1) is 12.8. The van der Waals surface area contributed by atoms with Crippen LogP contribution < -0.4 is 0 Å². The number of fused-ring (bicyclic) bond motifs is 1. The van der Waals surface area contributed by atoms with E-state index in [0.29, 0.717) is 12.0 Å². The molecule has 0 amide bonds. The van der Waals surface area contributed by atoms with E-state index in [-0.39, 0.29) is 12.0 Å². The Morgan fingerprint density at radius 3 is 2.65 bits per heavy atom. The molecule has 1 aliphatic carbocycles. The number of aromatic amines is 1. The van der Waals surface area contributed by atoms with Gasteiger partial charge in [-0.05, 0) is 63.6 Å². The molecule has 0 bridgehead atoms. The maximum Gasteiger partial charge on any atom is 0.141 e. The van der Waals surface area contributed by atoms with Crippen LogP contribution in [0.3, 0.4) is 0 Å². The second kappa shape index (κ2) is 7.50. The fourth-order valence-electron chi connectivity index (χ4n) is 4.69. The van der Waals surface area contributed by atoms with Crippen LogP contribution in [0.4, 0.5) is 0 Å². The standard InChI is InChI=1S/C19H25N7/c20-11-13-6-9-26(10-7-13)15-3-1-14(2-4-15)17(25-21)18-16-5-8-22-19(16)24-12-23-18/h5,8,12-15,17,21H,1-4,6-7,9-10H2,(H,22,23,24). The molecule has 0 radical (unpaired) electrons. The monoisotopic (exact) mass is 351 g/mol. The number of hydrogen-bond donors (Lipinski definition) is 2. The van der Waals surface area contributed by atoms with Gasteiger partial charge in [0, 0.05) is 23.5 Å². The van der Waals surface area contributed by atoms with Crippen LogP contribution in [0.5, 0.6) is 0 Å². The van der Waals surface area contributed by atoms with Gasteiger partial charge in [-0.2, -0.15) is 10.4 Å². The van der Waals surface area contributed by atoms with E-state index in [9.17, 15) is 0 Å². The largest absolute Gasteiger partial charge is 0.346 e. The smallest absolute Gasteiger partial charge is 0.141 e. The minimum Gasteiger partial charge on any atom is -0.346 e. The van der Waals surface area contributed by atoms with Gasteiger partial charge in [-0.25, -0.2) is 15.5 Å². The maximum atomic E-state index is 9.07. The van der Waals surface area contributed by atoms with Crippen LogP contribution in [-0.4, -0.2) is 39.0 Å². The molecule has 2 fully saturated rings. The molecule has 1 unspecified atom stereocenters. The minimum absolute atomic E-state index is 0.179. The number of nitrogens with one attached hydrogen (secondary N) is 2. The summed E-state index contributed by atoms with van der Waals surface area (Å²) in [5, 5.41) is 14.0. The van der Waals surface area contributed by atoms with Gasteiger partial charge in [0.15, 0.2) is 0 Å². The zero-order valence-corrected chi connectivity index (χ0v) is 14.9. The van der Waals surface area contributed by atoms with Crippen LogP contribution in [0.1, 0.15) is 50.3 Å². The van der Waals surface area contributed by atoms with Gasteiger partial charge >= 0.3 is 0 Å². The molecule has 2 N–H and O–H groups in total. The van der Waals surface area contributed by atoms with Crippen molar-refractivity contribution < 1.29 is 0 Å². The van der Waals surface area contributed by atoms with Crippen molar-refractivity contribution in [2.75, 3.05) is 13.1 Å². The first-order valence-electron chi connectivity index (χ1n) is 9.58. The zero-order chi connectivity index (χ0) is 17.9. The summed E-state index contributed by atoms with van der Waals surface area (Å²) in [6, 6.07) is 4.83. The summed E-state index contributed by atoms with van der Waals surface area (Å²) >= 11 is 0. The molecule has 1 atom stereocenters. The van der Waals surface area contributed by atoms with Gasteiger partial charge in [0.05, 0.1) is 11.8 Å². The Morgan fingerprint density at radius 1 is 1.19 bits per heavy atom. The highest BCUT2D eigenvalue weighted by Gasteiger charge is 2.33. The normalized spacial score (nSPS) is 26.4. The number of nitrogens with zero attached hydrogens (tertiary/aromatic N) is 5. The van der Waals surface area contributed by atoms with Crippen LogP contribution in [0, 0.1) is 28.7 Å². The molecule has 1 saturated carbocycles. The molecule has 4 rings (SSSR count). The molecule has 2 aliphatic rings. The van der Waals surface area contributed by atoms with E-state index in [1.807, 2.05) is 12.3 Å². The lowest BCUT2D eigenvalue weighted by Gasteiger charge is -2.40. The highest BCUT2D eigenvalue weighted by Crippen LogP contribution is 2.39. The first kappa shape index (κ1) is 17.1. The van der Waals surface area contributed by atoms with Crippen molar-refractivity contribution in [3.8, 4) is 6.07 Å². The molecule has 0 spiro atoms. The van der Waals surface area contributed by atoms with Gasteiger partial charge in [0.1, 0.15) is 18.0 Å². The van der Waals surface area contributed by atoms with Gasteiger partial charge in [-0.15, -0.1) is 0 Å². The summed E-state index contributed by atoms with van der Waals surface area (Å²) in [5.41, 5.74) is 9.46. The van der Waals surface area contributed by atoms with Crippen molar-refractivity contribution in [2.45, 2.75) is 50.6 Å². The van der Waals surface area contributed by atoms with Crippen molar-refractivity contribution >= 4 is 11.0 Å². The Balaban J connectivity index is 1.41. The quantitative estimate of drug-likeness (QED) is 0.817. The average molecular weight is 351 g/mol. The molecule has 7 nitrogen and oxygen atoms in total. The topological polar surface area (TPSA) is 105 Å². The summed E-state index contributed by atoms with van der Waals surface area (Å²) < 4.78 is 0. The summed E-state index contributed by atoms with van der Waals surface area (Å²) in [4.78, 5) is 14.4. The Hall–Kier alpha value is -2.33. The number of H-pyrrole nitrogens is 1. The third-order valence-corrected chi connectivity index (χ3v) is 6.22. The van der Waals surface area contributed by atoms with Gasteiger partial charge in [-0.3, -0.25) is 0 Å². The number of aromatic nitrogens is 3. The Kier molecular flexibility index (Phi) is 4.93. The minimum atomic E-state index is -0.179. The van der Waals surface area contributed by atoms with E-state index in [1.54, 1.807) is 6.33 Å². The molecule has 2 aromatic heterocycles. The molecule has 1 aliphatic heterocycles. The molecule has 136 valence electrons. The lowest BCUT2D eigenvalue weighted by Crippen LogP contribution is -2.43. The molecule has 26 heavy (non-hydrogen) atoms. The third-order valence-electron chi connectivity index (χ3n) is 6.22. The molecule has 7 heteroatoms. The van der Waals surface area contributed by atoms with E-state index in [0.717, 1.165) is 68.3 Å². The van der Waals surface area contributed by atoms with Gasteiger partial charge in [-0.1, -0.05) is 0 Å². The first-order valence-corrected chi connectivity index (χ1v) is 9.58. The maximum absolute atomic E-state index is 9.07. The van der Waals surface area contributed by atoms with Crippen molar-refractivity contribution in [1.82, 2.24) is 19.9 Å². The zero-order valence-electron chi connectivity index (χ0n) is 14.9. The summed E-state index contributed by atoms with van der Waals surface area (Å²) in [7, 11) is 0. The number of rotatable bonds is 4. The predicted octanol–water partition coefficient (Wildman–Crippen LogP) is 3.82. The van der Waals surface area contributed by atoms with Crippen LogP contribution in [0.25, 0.3) is 11.0 Å². The second-order valence-electron chi connectivity index (χ2n) is 7.58. The van der Waals surface area contributed by atoms with Gasteiger partial charge in [0.25, 0.3) is 0 Å². The van der Waals surface area contributed by atoms with Gasteiger partial charge < -0.3 is 9.88 Å². The fourth-order valence-corrected chi connectivity index (χ4v) is 4.69. The van der Waals surface area contributed by atoms with Crippen molar-refractivity contribution in [3.05, 3.63) is 24.3 Å². The number of likely N-dealkylation sites (tertiary alicyclic amines) is 1. The molecule has 3 heterocycles. The van der Waals surface area contributed by atoms with Crippen molar-refractivity contribution in [1.29, 1.82) is 10.8 Å². The van der Waals surface area contributed by atoms with Crippen molar-refractivity contribution in [2.24, 2.45) is 17.0 Å². The highest BCUT2D eigenvalue weighted by atomic mass is 15.2. The fraction of sp³-hybridized carbons (Fsp3) is 0.632. The molecular weight excluding hydrogens is 326 g/mol. The Bertz CT molecular complexity index is 792. The second-order valence-corrected chi connectivity index (χ2v) is 7.58. The predicted molar refractivity (Wildman–Crippen MR) is 97.4 cm³/mol. The number of nitriles is 1. The van der Waals surface area contributed by atoms with E-state index in [1.165, 1.54) is 0 Å². The van der Waals surface area contributed by atoms with Crippen molar-refractivity contribution in [3.63, 3.8) is 0 Å². The van der Waals surface area contributed by atoms with Gasteiger partial charge in [0.2, 0.25) is 0 Å². The van der Waals surface area contributed by atoms with Crippen LogP contribution in [-0.2, 0) is 0 Å². The molecule has 1 saturated heterocycles. The SMILES string of the molecule is N#CC1CCN(C2CCC(C(N=N)c3ncnc4[nH]ccc34)CC2)CC1. The number of hydrogen-bond acceptors (Lipinski definition) is 6. The third kappa shape index (κ3) is 3.21. The van der Waals surface area contributed by atoms with Crippen LogP contribution >= 0.6 is 0 Å². The van der Waals surface area contributed by atoms with E-state index in [2.05, 4.69) is 31.0 Å². The lowest BCUT2D eigenvalue weighted by molar-refractivity contribution is 0.0984. The Morgan fingerprint density at radius 2 is 1.96 bits per heavy atom. The van der Waals surface area contributed by atoms with E-state index >= 15 is 0 Å². The van der Waals surface area contributed by atoms with Crippen LogP contribution in [0.15, 0.2) is 23.7 Å². The average Bonchev–Trinajstić information content (AvgIpc) is 3.19. The van der Waals surface area contributed by atoms with E-state index < -0.39 is 0 Å². The summed E-state index contributed by atoms with van der Waals surface area (Å²) in [5.74, 6) is 0.615. The van der Waals surface area contributed by atoms with E-state index in [4.69, 9.17) is 10.8 Å². The highest BCUT2D eigenvalue weighted by molar-refractivity contribution is 5.78. The summed E-state index contributed by atoms with van der Waals surface area (Å²) in [6.07, 6.45) is 9.89. The lowest BCUT2D eigenvalue weighted by atomic mass is 9.79. The molecule has 0 aromatic carbocycles. The molecular formula is C19H25N7. The Labute approximate surface area is 153 Å². The number of piperidine rings is 1. The molecule has 2 aromatic rings. The van der Waals surface area contributed by atoms with Crippen LogP contribution in [0.2, 0.25) is 0 Å². The summed E-state index contributed by atoms with van der Waals surface area (Å²) in [6.45, 7) is 2.10.